The van der Waals surface area contributed by atoms with Crippen molar-refractivity contribution in [1.82, 2.24) is 9.88 Å². The molecule has 3 fully saturated rings. The molecule has 32 heavy (non-hydrogen) atoms. The summed E-state index contributed by atoms with van der Waals surface area (Å²) in [4.78, 5) is 35.0. The fraction of sp³-hybridized carbons (Fsp3) is 0.696. The highest BCUT2D eigenvalue weighted by Gasteiger charge is 2.51. The van der Waals surface area contributed by atoms with Gasteiger partial charge in [-0.3, -0.25) is 9.69 Å². The van der Waals surface area contributed by atoms with Crippen LogP contribution in [-0.4, -0.2) is 70.4 Å². The molecule has 176 valence electrons. The van der Waals surface area contributed by atoms with Crippen LogP contribution >= 0.6 is 11.6 Å². The van der Waals surface area contributed by atoms with Crippen molar-refractivity contribution in [2.24, 2.45) is 5.41 Å². The second kappa shape index (κ2) is 9.43. The standard InChI is InChI=1S/C23H33ClN4O4/c1-2-10-28(22(31)32)17-13-19(24)20(25-14-17)26-11-3-8-23(15-26)9-12-27(21(23)30)16-4-6-18(29)7-5-16/h13-14,16,18,29H,2-12,15H2,1H3,(H,31,32)/t16?,18?,23-/m0/s1. The number of carboxylic acid groups (broad SMARTS) is 1. The van der Waals surface area contributed by atoms with Crippen LogP contribution in [0.5, 0.6) is 0 Å². The van der Waals surface area contributed by atoms with Crippen molar-refractivity contribution < 1.29 is 19.8 Å². The first-order valence-corrected chi connectivity index (χ1v) is 12.1. The van der Waals surface area contributed by atoms with Crippen molar-refractivity contribution in [3.63, 3.8) is 0 Å². The van der Waals surface area contributed by atoms with E-state index in [9.17, 15) is 19.8 Å². The lowest BCUT2D eigenvalue weighted by molar-refractivity contribution is -0.139. The number of amides is 2. The van der Waals surface area contributed by atoms with E-state index in [1.807, 2.05) is 6.92 Å². The molecule has 2 N–H and O–H groups in total. The lowest BCUT2D eigenvalue weighted by Gasteiger charge is -2.41. The van der Waals surface area contributed by atoms with Gasteiger partial charge in [-0.05, 0) is 57.4 Å². The summed E-state index contributed by atoms with van der Waals surface area (Å²) in [5.74, 6) is 0.847. The number of aliphatic hydroxyl groups excluding tert-OH is 1. The molecule has 2 amide bonds. The molecule has 1 aromatic rings. The Bertz CT molecular complexity index is 860. The van der Waals surface area contributed by atoms with E-state index in [0.717, 1.165) is 58.0 Å². The van der Waals surface area contributed by atoms with E-state index in [0.29, 0.717) is 36.0 Å². The molecule has 1 saturated carbocycles. The molecular weight excluding hydrogens is 432 g/mol. The highest BCUT2D eigenvalue weighted by atomic mass is 35.5. The average Bonchev–Trinajstić information content (AvgIpc) is 3.07. The summed E-state index contributed by atoms with van der Waals surface area (Å²) in [7, 11) is 0. The van der Waals surface area contributed by atoms with Crippen molar-refractivity contribution in [3.8, 4) is 0 Å². The molecule has 0 aromatic carbocycles. The Morgan fingerprint density at radius 1 is 1.28 bits per heavy atom. The molecule has 9 heteroatoms. The summed E-state index contributed by atoms with van der Waals surface area (Å²) in [6.45, 7) is 4.43. The molecule has 0 bridgehead atoms. The Morgan fingerprint density at radius 2 is 2.03 bits per heavy atom. The van der Waals surface area contributed by atoms with Gasteiger partial charge in [-0.25, -0.2) is 9.78 Å². The molecule has 3 aliphatic rings. The topological polar surface area (TPSA) is 97.2 Å². The fourth-order valence-electron chi connectivity index (χ4n) is 5.62. The maximum Gasteiger partial charge on any atom is 0.411 e. The number of likely N-dealkylation sites (tertiary alicyclic amines) is 1. The lowest BCUT2D eigenvalue weighted by atomic mass is 9.78. The summed E-state index contributed by atoms with van der Waals surface area (Å²) in [5.41, 5.74) is 0.0512. The van der Waals surface area contributed by atoms with Gasteiger partial charge in [0.2, 0.25) is 5.91 Å². The van der Waals surface area contributed by atoms with Crippen LogP contribution in [0.25, 0.3) is 0 Å². The van der Waals surface area contributed by atoms with E-state index in [1.54, 1.807) is 12.3 Å². The molecule has 3 heterocycles. The van der Waals surface area contributed by atoms with Gasteiger partial charge in [-0.15, -0.1) is 0 Å². The smallest absolute Gasteiger partial charge is 0.411 e. The summed E-state index contributed by atoms with van der Waals surface area (Å²) in [5, 5.41) is 19.7. The minimum Gasteiger partial charge on any atom is -0.465 e. The van der Waals surface area contributed by atoms with E-state index in [1.165, 1.54) is 4.90 Å². The predicted molar refractivity (Wildman–Crippen MR) is 123 cm³/mol. The summed E-state index contributed by atoms with van der Waals surface area (Å²) >= 11 is 6.56. The van der Waals surface area contributed by atoms with E-state index in [-0.39, 0.29) is 18.1 Å². The van der Waals surface area contributed by atoms with Crippen molar-refractivity contribution in [1.29, 1.82) is 0 Å². The van der Waals surface area contributed by atoms with Crippen LogP contribution in [0, 0.1) is 5.41 Å². The van der Waals surface area contributed by atoms with Gasteiger partial charge in [0.25, 0.3) is 0 Å². The second-order valence-corrected chi connectivity index (χ2v) is 9.86. The van der Waals surface area contributed by atoms with Gasteiger partial charge < -0.3 is 20.0 Å². The molecule has 1 atom stereocenters. The third-order valence-corrected chi connectivity index (χ3v) is 7.60. The number of aromatic nitrogens is 1. The number of rotatable bonds is 5. The fourth-order valence-corrected chi connectivity index (χ4v) is 5.90. The molecular formula is C23H33ClN4O4. The summed E-state index contributed by atoms with van der Waals surface area (Å²) in [6.07, 6.45) is 6.87. The minimum absolute atomic E-state index is 0.228. The zero-order valence-electron chi connectivity index (χ0n) is 18.7. The Kier molecular flexibility index (Phi) is 6.81. The molecule has 2 saturated heterocycles. The summed E-state index contributed by atoms with van der Waals surface area (Å²) < 4.78 is 0. The van der Waals surface area contributed by atoms with Crippen LogP contribution < -0.4 is 9.80 Å². The number of pyridine rings is 1. The lowest BCUT2D eigenvalue weighted by Crippen LogP contribution is -2.50. The third kappa shape index (κ3) is 4.39. The average molecular weight is 465 g/mol. The van der Waals surface area contributed by atoms with Crippen LogP contribution in [0.2, 0.25) is 5.02 Å². The predicted octanol–water partition coefficient (Wildman–Crippen LogP) is 3.75. The molecule has 0 unspecified atom stereocenters. The highest BCUT2D eigenvalue weighted by molar-refractivity contribution is 6.33. The van der Waals surface area contributed by atoms with Gasteiger partial charge in [0.05, 0.1) is 28.4 Å². The number of halogens is 1. The molecule has 0 radical (unpaired) electrons. The minimum atomic E-state index is -1.03. The van der Waals surface area contributed by atoms with E-state index in [2.05, 4.69) is 14.8 Å². The van der Waals surface area contributed by atoms with Crippen LogP contribution in [0.15, 0.2) is 12.3 Å². The maximum atomic E-state index is 13.5. The largest absolute Gasteiger partial charge is 0.465 e. The van der Waals surface area contributed by atoms with Crippen molar-refractivity contribution in [2.75, 3.05) is 36.0 Å². The Labute approximate surface area is 194 Å². The number of carbonyl (C=O) groups excluding carboxylic acids is 1. The summed E-state index contributed by atoms with van der Waals surface area (Å²) in [6, 6.07) is 1.90. The number of hydrogen-bond acceptors (Lipinski definition) is 5. The van der Waals surface area contributed by atoms with Gasteiger partial charge in [0.15, 0.2) is 0 Å². The number of nitrogens with zero attached hydrogens (tertiary/aromatic N) is 4. The van der Waals surface area contributed by atoms with Crippen molar-refractivity contribution in [3.05, 3.63) is 17.3 Å². The molecule has 8 nitrogen and oxygen atoms in total. The van der Waals surface area contributed by atoms with Crippen LogP contribution in [0.3, 0.4) is 0 Å². The van der Waals surface area contributed by atoms with Gasteiger partial charge in [-0.2, -0.15) is 0 Å². The third-order valence-electron chi connectivity index (χ3n) is 7.33. The Morgan fingerprint density at radius 3 is 2.69 bits per heavy atom. The zero-order chi connectivity index (χ0) is 22.9. The van der Waals surface area contributed by atoms with Crippen LogP contribution in [0.1, 0.15) is 58.3 Å². The number of piperidine rings is 1. The van der Waals surface area contributed by atoms with Crippen molar-refractivity contribution in [2.45, 2.75) is 70.4 Å². The van der Waals surface area contributed by atoms with Crippen molar-refractivity contribution >= 4 is 35.1 Å². The zero-order valence-corrected chi connectivity index (χ0v) is 19.4. The van der Waals surface area contributed by atoms with Gasteiger partial charge >= 0.3 is 6.09 Å². The Hall–Kier alpha value is -2.06. The van der Waals surface area contributed by atoms with Gasteiger partial charge in [0.1, 0.15) is 5.82 Å². The molecule has 1 spiro atoms. The molecule has 1 aromatic heterocycles. The maximum absolute atomic E-state index is 13.5. The first kappa shape index (κ1) is 23.1. The first-order valence-electron chi connectivity index (χ1n) is 11.7. The quantitative estimate of drug-likeness (QED) is 0.688. The monoisotopic (exact) mass is 464 g/mol. The number of carbonyl (C=O) groups is 2. The molecule has 2 aliphatic heterocycles. The van der Waals surface area contributed by atoms with Gasteiger partial charge in [0, 0.05) is 32.2 Å². The van der Waals surface area contributed by atoms with E-state index < -0.39 is 11.5 Å². The highest BCUT2D eigenvalue weighted by Crippen LogP contribution is 2.44. The first-order chi connectivity index (χ1) is 15.3. The molecule has 1 aliphatic carbocycles. The van der Waals surface area contributed by atoms with Crippen LogP contribution in [0.4, 0.5) is 16.3 Å². The Balaban J connectivity index is 1.49. The normalized spacial score (nSPS) is 28.4. The van der Waals surface area contributed by atoms with E-state index >= 15 is 0 Å². The number of anilines is 2. The van der Waals surface area contributed by atoms with E-state index in [4.69, 9.17) is 11.6 Å². The molecule has 4 rings (SSSR count). The van der Waals surface area contributed by atoms with Crippen LogP contribution in [-0.2, 0) is 4.79 Å². The number of aliphatic hydroxyl groups is 1. The number of hydrogen-bond donors (Lipinski definition) is 2. The second-order valence-electron chi connectivity index (χ2n) is 9.45. The SMILES string of the molecule is CCCN(C(=O)O)c1cnc(N2CCC[C@]3(CCN(C4CCC(O)CC4)C3=O)C2)c(Cl)c1. The van der Waals surface area contributed by atoms with Gasteiger partial charge in [-0.1, -0.05) is 18.5 Å².